The normalized spacial score (nSPS) is 13.3. The van der Waals surface area contributed by atoms with E-state index in [4.69, 9.17) is 16.0 Å². The van der Waals surface area contributed by atoms with Crippen molar-refractivity contribution in [1.82, 2.24) is 0 Å². The number of hydrogen-bond acceptors (Lipinski definition) is 6. The summed E-state index contributed by atoms with van der Waals surface area (Å²) in [6.07, 6.45) is 0. The lowest BCUT2D eigenvalue weighted by Gasteiger charge is -2.29. The first-order valence-corrected chi connectivity index (χ1v) is 17.4. The van der Waals surface area contributed by atoms with Gasteiger partial charge in [-0.15, -0.1) is 0 Å². The average molecular weight is 646 g/mol. The van der Waals surface area contributed by atoms with Crippen LogP contribution in [-0.2, 0) is 0 Å². The minimum Gasteiger partial charge on any atom is -0.456 e. The van der Waals surface area contributed by atoms with E-state index < -0.39 is 0 Å². The Bertz CT molecular complexity index is 2140. The minimum absolute atomic E-state index is 0.639. The lowest BCUT2D eigenvalue weighted by Crippen LogP contribution is -2.11. The summed E-state index contributed by atoms with van der Waals surface area (Å²) in [5.74, 6) is 0. The maximum Gasteiger partial charge on any atom is 0.139 e. The molecule has 0 aliphatic carbocycles. The molecular formula is C36H20ClNOS4. The van der Waals surface area contributed by atoms with Crippen molar-refractivity contribution in [3.05, 3.63) is 126 Å². The summed E-state index contributed by atoms with van der Waals surface area (Å²) < 4.78 is 6.33. The van der Waals surface area contributed by atoms with Crippen LogP contribution in [0, 0.1) is 0 Å². The largest absolute Gasteiger partial charge is 0.456 e. The first-order valence-electron chi connectivity index (χ1n) is 13.8. The molecule has 7 aromatic rings. The Balaban J connectivity index is 1.26. The topological polar surface area (TPSA) is 16.4 Å². The van der Waals surface area contributed by atoms with Gasteiger partial charge >= 0.3 is 0 Å². The van der Waals surface area contributed by atoms with Crippen molar-refractivity contribution in [2.45, 2.75) is 39.2 Å². The standard InChI is InChI=1S/C36H20ClNOS4/c37-21-17-25(36-24-7-1-2-8-26(24)39-27(36)18-21)38(22-13-15-32-34(19-22)42-30-11-5-3-9-28(30)40-32)23-14-16-33-35(20-23)43-31-12-6-4-10-29(31)41-33/h1-20H. The van der Waals surface area contributed by atoms with E-state index in [1.807, 2.05) is 65.2 Å². The van der Waals surface area contributed by atoms with Gasteiger partial charge in [0.2, 0.25) is 0 Å². The highest BCUT2D eigenvalue weighted by Crippen LogP contribution is 2.53. The van der Waals surface area contributed by atoms with Crippen molar-refractivity contribution in [3.63, 3.8) is 0 Å². The van der Waals surface area contributed by atoms with Gasteiger partial charge in [0.05, 0.1) is 11.1 Å². The molecule has 3 heterocycles. The number of anilines is 3. The van der Waals surface area contributed by atoms with Crippen molar-refractivity contribution in [1.29, 1.82) is 0 Å². The van der Waals surface area contributed by atoms with Crippen LogP contribution >= 0.6 is 58.6 Å². The molecule has 0 unspecified atom stereocenters. The zero-order valence-corrected chi connectivity index (χ0v) is 26.4. The Morgan fingerprint density at radius 3 is 1.53 bits per heavy atom. The molecule has 0 bridgehead atoms. The van der Waals surface area contributed by atoms with E-state index in [0.717, 1.165) is 39.0 Å². The number of halogens is 1. The average Bonchev–Trinajstić information content (AvgIpc) is 3.41. The highest BCUT2D eigenvalue weighted by molar-refractivity contribution is 8.05. The van der Waals surface area contributed by atoms with E-state index in [1.165, 1.54) is 39.2 Å². The molecule has 2 aliphatic heterocycles. The van der Waals surface area contributed by atoms with Gasteiger partial charge in [-0.2, -0.15) is 0 Å². The molecule has 0 atom stereocenters. The fourth-order valence-corrected chi connectivity index (χ4v) is 10.4. The van der Waals surface area contributed by atoms with Gasteiger partial charge in [0.1, 0.15) is 11.2 Å². The Kier molecular flexibility index (Phi) is 6.28. The van der Waals surface area contributed by atoms with Gasteiger partial charge in [-0.25, -0.2) is 0 Å². The SMILES string of the molecule is Clc1cc(N(c2ccc3c(c2)Sc2ccccc2S3)c2ccc3c(c2)Sc2ccccc2S3)c2c(c1)oc1ccccc12. The second kappa shape index (κ2) is 10.4. The summed E-state index contributed by atoms with van der Waals surface area (Å²) in [7, 11) is 0. The summed E-state index contributed by atoms with van der Waals surface area (Å²) in [5.41, 5.74) is 4.78. The van der Waals surface area contributed by atoms with Gasteiger partial charge in [-0.3, -0.25) is 0 Å². The van der Waals surface area contributed by atoms with Crippen LogP contribution in [0.25, 0.3) is 21.9 Å². The Morgan fingerprint density at radius 1 is 0.465 bits per heavy atom. The highest BCUT2D eigenvalue weighted by Gasteiger charge is 2.25. The lowest BCUT2D eigenvalue weighted by atomic mass is 10.1. The quantitative estimate of drug-likeness (QED) is 0.189. The van der Waals surface area contributed by atoms with E-state index in [-0.39, 0.29) is 0 Å². The Labute approximate surface area is 270 Å². The second-order valence-corrected chi connectivity index (χ2v) is 15.1. The van der Waals surface area contributed by atoms with Crippen LogP contribution in [0.3, 0.4) is 0 Å². The second-order valence-electron chi connectivity index (χ2n) is 10.3. The predicted octanol–water partition coefficient (Wildman–Crippen LogP) is 12.9. The number of nitrogens with zero attached hydrogens (tertiary/aromatic N) is 1. The van der Waals surface area contributed by atoms with Gasteiger partial charge in [-0.05, 0) is 72.8 Å². The lowest BCUT2D eigenvalue weighted by molar-refractivity contribution is 0.669. The van der Waals surface area contributed by atoms with E-state index in [0.29, 0.717) is 5.02 Å². The molecule has 6 aromatic carbocycles. The van der Waals surface area contributed by atoms with Gasteiger partial charge in [-0.1, -0.05) is 101 Å². The number of rotatable bonds is 3. The molecule has 0 spiro atoms. The van der Waals surface area contributed by atoms with E-state index in [2.05, 4.69) is 108 Å². The Hall–Kier alpha value is -3.39. The predicted molar refractivity (Wildman–Crippen MR) is 183 cm³/mol. The molecule has 7 heteroatoms. The molecule has 2 aliphatic rings. The molecule has 43 heavy (non-hydrogen) atoms. The molecule has 206 valence electrons. The third kappa shape index (κ3) is 4.47. The van der Waals surface area contributed by atoms with E-state index >= 15 is 0 Å². The first-order chi connectivity index (χ1) is 21.2. The van der Waals surface area contributed by atoms with Crippen LogP contribution in [0.5, 0.6) is 0 Å². The number of furan rings is 1. The number of fused-ring (bicyclic) bond motifs is 7. The minimum atomic E-state index is 0.639. The monoisotopic (exact) mass is 645 g/mol. The number of para-hydroxylation sites is 1. The maximum atomic E-state index is 6.81. The van der Waals surface area contributed by atoms with Crippen molar-refractivity contribution in [2.75, 3.05) is 4.90 Å². The first kappa shape index (κ1) is 26.1. The zero-order valence-electron chi connectivity index (χ0n) is 22.4. The number of benzene rings is 6. The van der Waals surface area contributed by atoms with Gasteiger partial charge in [0.15, 0.2) is 0 Å². The third-order valence-electron chi connectivity index (χ3n) is 7.61. The van der Waals surface area contributed by atoms with Crippen LogP contribution in [0.2, 0.25) is 5.02 Å². The molecule has 0 radical (unpaired) electrons. The molecule has 0 saturated heterocycles. The van der Waals surface area contributed by atoms with Crippen LogP contribution in [0.1, 0.15) is 0 Å². The molecule has 0 amide bonds. The van der Waals surface area contributed by atoms with Crippen LogP contribution in [0.4, 0.5) is 17.1 Å². The summed E-state index contributed by atoms with van der Waals surface area (Å²) in [6, 6.07) is 43.0. The van der Waals surface area contributed by atoms with E-state index in [9.17, 15) is 0 Å². The van der Waals surface area contributed by atoms with Crippen molar-refractivity contribution in [3.8, 4) is 0 Å². The molecule has 0 saturated carbocycles. The molecule has 1 aromatic heterocycles. The Morgan fingerprint density at radius 2 is 0.953 bits per heavy atom. The van der Waals surface area contributed by atoms with Gasteiger partial charge < -0.3 is 9.32 Å². The summed E-state index contributed by atoms with van der Waals surface area (Å²) in [6.45, 7) is 0. The number of hydrogen-bond donors (Lipinski definition) is 0. The summed E-state index contributed by atoms with van der Waals surface area (Å²) in [5, 5.41) is 2.76. The molecular weight excluding hydrogens is 626 g/mol. The fourth-order valence-electron chi connectivity index (χ4n) is 5.71. The third-order valence-corrected chi connectivity index (χ3v) is 12.9. The van der Waals surface area contributed by atoms with Crippen LogP contribution in [-0.4, -0.2) is 0 Å². The maximum absolute atomic E-state index is 6.81. The summed E-state index contributed by atoms with van der Waals surface area (Å²) >= 11 is 14.1. The molecule has 0 N–H and O–H groups in total. The van der Waals surface area contributed by atoms with Gasteiger partial charge in [0, 0.05) is 67.0 Å². The molecule has 2 nitrogen and oxygen atoms in total. The van der Waals surface area contributed by atoms with Crippen molar-refractivity contribution in [2.24, 2.45) is 0 Å². The molecule has 0 fully saturated rings. The van der Waals surface area contributed by atoms with Crippen LogP contribution < -0.4 is 4.90 Å². The smallest absolute Gasteiger partial charge is 0.139 e. The fraction of sp³-hybridized carbons (Fsp3) is 0. The van der Waals surface area contributed by atoms with Crippen molar-refractivity contribution < 1.29 is 4.42 Å². The van der Waals surface area contributed by atoms with Crippen LogP contribution in [0.15, 0.2) is 165 Å². The molecule has 9 rings (SSSR count). The summed E-state index contributed by atoms with van der Waals surface area (Å²) in [4.78, 5) is 12.6. The zero-order chi connectivity index (χ0) is 28.5. The highest BCUT2D eigenvalue weighted by atomic mass is 35.5. The van der Waals surface area contributed by atoms with Gasteiger partial charge in [0.25, 0.3) is 0 Å². The van der Waals surface area contributed by atoms with E-state index in [1.54, 1.807) is 0 Å². The van der Waals surface area contributed by atoms with Crippen molar-refractivity contribution >= 4 is 97.6 Å².